The van der Waals surface area contributed by atoms with Crippen molar-refractivity contribution in [2.45, 2.75) is 40.2 Å². The summed E-state index contributed by atoms with van der Waals surface area (Å²) in [6, 6.07) is 8.50. The van der Waals surface area contributed by atoms with Crippen LogP contribution in [0.15, 0.2) is 24.3 Å². The van der Waals surface area contributed by atoms with Gasteiger partial charge in [-0.15, -0.1) is 0 Å². The van der Waals surface area contributed by atoms with Crippen LogP contribution >= 0.6 is 0 Å². The molecule has 1 aromatic rings. The van der Waals surface area contributed by atoms with E-state index in [-0.39, 0.29) is 5.91 Å². The Morgan fingerprint density at radius 3 is 2.37 bits per heavy atom. The van der Waals surface area contributed by atoms with Crippen molar-refractivity contribution >= 4 is 5.91 Å². The summed E-state index contributed by atoms with van der Waals surface area (Å²) in [5, 5.41) is 6.08. The molecule has 0 atom stereocenters. The molecule has 1 rings (SSSR count). The van der Waals surface area contributed by atoms with Crippen molar-refractivity contribution in [1.82, 2.24) is 10.6 Å². The fourth-order valence-electron chi connectivity index (χ4n) is 1.78. The molecule has 0 heterocycles. The fraction of sp³-hybridized carbons (Fsp3) is 0.562. The van der Waals surface area contributed by atoms with Crippen molar-refractivity contribution in [3.63, 3.8) is 0 Å². The molecule has 0 spiro atoms. The van der Waals surface area contributed by atoms with Gasteiger partial charge in [0, 0.05) is 13.1 Å². The molecule has 0 radical (unpaired) electrons. The average molecular weight is 262 g/mol. The van der Waals surface area contributed by atoms with Crippen LogP contribution in [0, 0.1) is 5.92 Å². The maximum atomic E-state index is 11.5. The molecule has 3 nitrogen and oxygen atoms in total. The highest BCUT2D eigenvalue weighted by atomic mass is 16.1. The maximum Gasteiger partial charge on any atom is 0.233 e. The summed E-state index contributed by atoms with van der Waals surface area (Å²) < 4.78 is 0. The molecule has 0 unspecified atom stereocenters. The third-order valence-electron chi connectivity index (χ3n) is 3.09. The number of carbonyl (C=O) groups excluding carboxylic acids is 1. The Labute approximate surface area is 116 Å². The first-order chi connectivity index (χ1) is 9.11. The standard InChI is InChI=1S/C16H26N2O/c1-4-14-5-7-15(8-6-14)11-17-12-16(19)18-10-9-13(2)3/h5-8,13,17H,4,9-12H2,1-3H3,(H,18,19). The normalized spacial score (nSPS) is 10.7. The minimum absolute atomic E-state index is 0.0748. The van der Waals surface area contributed by atoms with E-state index in [9.17, 15) is 4.79 Å². The van der Waals surface area contributed by atoms with Crippen molar-refractivity contribution in [2.24, 2.45) is 5.92 Å². The fourth-order valence-corrected chi connectivity index (χ4v) is 1.78. The summed E-state index contributed by atoms with van der Waals surface area (Å²) in [5.74, 6) is 0.705. The van der Waals surface area contributed by atoms with Crippen molar-refractivity contribution in [3.8, 4) is 0 Å². The Kier molecular flexibility index (Phi) is 7.19. The first-order valence-electron chi connectivity index (χ1n) is 7.17. The topological polar surface area (TPSA) is 41.1 Å². The molecule has 106 valence electrons. The van der Waals surface area contributed by atoms with Crippen LogP contribution in [-0.4, -0.2) is 19.0 Å². The Morgan fingerprint density at radius 2 is 1.79 bits per heavy atom. The summed E-state index contributed by atoms with van der Waals surface area (Å²) in [6.45, 7) is 8.35. The Hall–Kier alpha value is -1.35. The summed E-state index contributed by atoms with van der Waals surface area (Å²) in [5.41, 5.74) is 2.56. The molecule has 0 aliphatic heterocycles. The van der Waals surface area contributed by atoms with Gasteiger partial charge in [-0.05, 0) is 29.9 Å². The highest BCUT2D eigenvalue weighted by Crippen LogP contribution is 2.04. The molecule has 1 aromatic carbocycles. The monoisotopic (exact) mass is 262 g/mol. The molecular formula is C16H26N2O. The van der Waals surface area contributed by atoms with Gasteiger partial charge in [-0.25, -0.2) is 0 Å². The summed E-state index contributed by atoms with van der Waals surface area (Å²) >= 11 is 0. The second-order valence-electron chi connectivity index (χ2n) is 5.31. The second-order valence-corrected chi connectivity index (χ2v) is 5.31. The molecule has 0 aliphatic carbocycles. The van der Waals surface area contributed by atoms with Gasteiger partial charge in [0.05, 0.1) is 6.54 Å². The van der Waals surface area contributed by atoms with Gasteiger partial charge in [0.25, 0.3) is 0 Å². The molecule has 2 N–H and O–H groups in total. The Balaban J connectivity index is 2.16. The smallest absolute Gasteiger partial charge is 0.233 e. The van der Waals surface area contributed by atoms with Gasteiger partial charge in [0.2, 0.25) is 5.91 Å². The first kappa shape index (κ1) is 15.7. The molecule has 0 saturated carbocycles. The van der Waals surface area contributed by atoms with E-state index in [1.165, 1.54) is 11.1 Å². The predicted octanol–water partition coefficient (Wildman–Crippen LogP) is 2.50. The molecular weight excluding hydrogens is 236 g/mol. The van der Waals surface area contributed by atoms with Crippen molar-refractivity contribution < 1.29 is 4.79 Å². The highest BCUT2D eigenvalue weighted by molar-refractivity contribution is 5.77. The number of amides is 1. The van der Waals surface area contributed by atoms with E-state index in [4.69, 9.17) is 0 Å². The maximum absolute atomic E-state index is 11.5. The van der Waals surface area contributed by atoms with Crippen LogP contribution in [0.25, 0.3) is 0 Å². The largest absolute Gasteiger partial charge is 0.355 e. The van der Waals surface area contributed by atoms with E-state index in [0.29, 0.717) is 12.5 Å². The van der Waals surface area contributed by atoms with Crippen LogP contribution in [0.2, 0.25) is 0 Å². The van der Waals surface area contributed by atoms with Crippen LogP contribution < -0.4 is 10.6 Å². The van der Waals surface area contributed by atoms with Crippen molar-refractivity contribution in [1.29, 1.82) is 0 Å². The second kappa shape index (κ2) is 8.70. The van der Waals surface area contributed by atoms with Crippen LogP contribution in [0.5, 0.6) is 0 Å². The SMILES string of the molecule is CCc1ccc(CNCC(=O)NCCC(C)C)cc1. The lowest BCUT2D eigenvalue weighted by Gasteiger charge is -2.08. The van der Waals surface area contributed by atoms with Crippen LogP contribution in [0.4, 0.5) is 0 Å². The highest BCUT2D eigenvalue weighted by Gasteiger charge is 2.01. The number of carbonyl (C=O) groups is 1. The number of benzene rings is 1. The number of hydrogen-bond donors (Lipinski definition) is 2. The summed E-state index contributed by atoms with van der Waals surface area (Å²) in [7, 11) is 0. The van der Waals surface area contributed by atoms with E-state index in [1.54, 1.807) is 0 Å². The lowest BCUT2D eigenvalue weighted by molar-refractivity contribution is -0.120. The molecule has 0 fully saturated rings. The zero-order valence-electron chi connectivity index (χ0n) is 12.3. The zero-order chi connectivity index (χ0) is 14.1. The van der Waals surface area contributed by atoms with Gasteiger partial charge >= 0.3 is 0 Å². The third-order valence-corrected chi connectivity index (χ3v) is 3.09. The molecule has 19 heavy (non-hydrogen) atoms. The van der Waals surface area contributed by atoms with E-state index in [1.807, 2.05) is 0 Å². The lowest BCUT2D eigenvalue weighted by atomic mass is 10.1. The van der Waals surface area contributed by atoms with Gasteiger partial charge in [-0.1, -0.05) is 45.0 Å². The minimum Gasteiger partial charge on any atom is -0.355 e. The van der Waals surface area contributed by atoms with Gasteiger partial charge in [0.1, 0.15) is 0 Å². The molecule has 0 aliphatic rings. The van der Waals surface area contributed by atoms with Gasteiger partial charge < -0.3 is 10.6 Å². The molecule has 1 amide bonds. The van der Waals surface area contributed by atoms with E-state index in [0.717, 1.165) is 25.9 Å². The molecule has 0 saturated heterocycles. The molecule has 3 heteroatoms. The van der Waals surface area contributed by atoms with Crippen LogP contribution in [0.1, 0.15) is 38.3 Å². The summed E-state index contributed by atoms with van der Waals surface area (Å²) in [4.78, 5) is 11.5. The van der Waals surface area contributed by atoms with Gasteiger partial charge in [0.15, 0.2) is 0 Å². The number of nitrogens with one attached hydrogen (secondary N) is 2. The Bertz CT molecular complexity index is 371. The minimum atomic E-state index is 0.0748. The van der Waals surface area contributed by atoms with Gasteiger partial charge in [-0.3, -0.25) is 4.79 Å². The lowest BCUT2D eigenvalue weighted by Crippen LogP contribution is -2.34. The third kappa shape index (κ3) is 6.97. The van der Waals surface area contributed by atoms with E-state index in [2.05, 4.69) is 55.7 Å². The zero-order valence-corrected chi connectivity index (χ0v) is 12.3. The number of aryl methyl sites for hydroxylation is 1. The van der Waals surface area contributed by atoms with Gasteiger partial charge in [-0.2, -0.15) is 0 Å². The van der Waals surface area contributed by atoms with Crippen LogP contribution in [-0.2, 0) is 17.8 Å². The average Bonchev–Trinajstić information content (AvgIpc) is 2.39. The van der Waals surface area contributed by atoms with Crippen LogP contribution in [0.3, 0.4) is 0 Å². The van der Waals surface area contributed by atoms with Crippen molar-refractivity contribution in [3.05, 3.63) is 35.4 Å². The Morgan fingerprint density at radius 1 is 1.16 bits per heavy atom. The number of rotatable bonds is 8. The molecule has 0 bridgehead atoms. The molecule has 0 aromatic heterocycles. The van der Waals surface area contributed by atoms with E-state index < -0.39 is 0 Å². The summed E-state index contributed by atoms with van der Waals surface area (Å²) in [6.07, 6.45) is 2.09. The number of hydrogen-bond acceptors (Lipinski definition) is 2. The predicted molar refractivity (Wildman–Crippen MR) is 80.0 cm³/mol. The van der Waals surface area contributed by atoms with E-state index >= 15 is 0 Å². The van der Waals surface area contributed by atoms with Crippen molar-refractivity contribution in [2.75, 3.05) is 13.1 Å². The quantitative estimate of drug-likeness (QED) is 0.756. The first-order valence-corrected chi connectivity index (χ1v) is 7.17.